The zero-order valence-electron chi connectivity index (χ0n) is 19.6. The van der Waals surface area contributed by atoms with Crippen LogP contribution in [0.2, 0.25) is 0 Å². The summed E-state index contributed by atoms with van der Waals surface area (Å²) in [6.45, 7) is 9.05. The highest BCUT2D eigenvalue weighted by molar-refractivity contribution is 5.83. The lowest BCUT2D eigenvalue weighted by atomic mass is 9.69. The van der Waals surface area contributed by atoms with Crippen LogP contribution in [-0.2, 0) is 20.7 Å². The van der Waals surface area contributed by atoms with Gasteiger partial charge >= 0.3 is 0 Å². The molecule has 0 radical (unpaired) electrons. The molecule has 2 amide bonds. The molecule has 3 fully saturated rings. The Morgan fingerprint density at radius 3 is 2.47 bits per heavy atom. The van der Waals surface area contributed by atoms with Crippen molar-refractivity contribution >= 4 is 11.8 Å². The molecule has 32 heavy (non-hydrogen) atoms. The van der Waals surface area contributed by atoms with Gasteiger partial charge in [-0.1, -0.05) is 43.7 Å². The zero-order valence-corrected chi connectivity index (χ0v) is 19.6. The molecule has 0 saturated carbocycles. The Balaban J connectivity index is 1.32. The molecule has 3 saturated heterocycles. The van der Waals surface area contributed by atoms with Crippen molar-refractivity contribution in [3.63, 3.8) is 0 Å². The fourth-order valence-corrected chi connectivity index (χ4v) is 5.68. The first kappa shape index (κ1) is 23.2. The summed E-state index contributed by atoms with van der Waals surface area (Å²) in [4.78, 5) is 32.8. The molecule has 1 atom stereocenters. The van der Waals surface area contributed by atoms with E-state index >= 15 is 0 Å². The second-order valence-corrected chi connectivity index (χ2v) is 9.95. The van der Waals surface area contributed by atoms with Gasteiger partial charge in [-0.25, -0.2) is 0 Å². The molecule has 0 unspecified atom stereocenters. The average molecular weight is 442 g/mol. The van der Waals surface area contributed by atoms with Gasteiger partial charge in [-0.2, -0.15) is 0 Å². The van der Waals surface area contributed by atoms with E-state index in [9.17, 15) is 9.59 Å². The number of benzene rings is 1. The van der Waals surface area contributed by atoms with Crippen LogP contribution >= 0.6 is 0 Å². The summed E-state index contributed by atoms with van der Waals surface area (Å²) in [5.74, 6) is 0.927. The van der Waals surface area contributed by atoms with E-state index < -0.39 is 0 Å². The van der Waals surface area contributed by atoms with Gasteiger partial charge in [0.2, 0.25) is 11.8 Å². The van der Waals surface area contributed by atoms with E-state index in [0.29, 0.717) is 18.4 Å². The largest absolute Gasteiger partial charge is 0.379 e. The third kappa shape index (κ3) is 5.52. The lowest BCUT2D eigenvalue weighted by Crippen LogP contribution is -2.51. The molecule has 0 N–H and O–H groups in total. The molecule has 0 aliphatic carbocycles. The van der Waals surface area contributed by atoms with E-state index in [1.54, 1.807) is 0 Å². The van der Waals surface area contributed by atoms with Crippen molar-refractivity contribution < 1.29 is 14.3 Å². The Morgan fingerprint density at radius 2 is 1.75 bits per heavy atom. The number of hydrogen-bond donors (Lipinski definition) is 0. The van der Waals surface area contributed by atoms with Gasteiger partial charge in [0.05, 0.1) is 19.8 Å². The van der Waals surface area contributed by atoms with Gasteiger partial charge < -0.3 is 14.5 Å². The quantitative estimate of drug-likeness (QED) is 0.681. The number of piperidine rings is 1. The zero-order chi connectivity index (χ0) is 22.4. The van der Waals surface area contributed by atoms with Crippen molar-refractivity contribution in [2.75, 3.05) is 59.0 Å². The van der Waals surface area contributed by atoms with Gasteiger partial charge in [0.25, 0.3) is 0 Å². The molecule has 4 rings (SSSR count). The van der Waals surface area contributed by atoms with Crippen molar-refractivity contribution in [2.45, 2.75) is 45.4 Å². The van der Waals surface area contributed by atoms with Crippen LogP contribution < -0.4 is 0 Å². The molecule has 0 bridgehead atoms. The van der Waals surface area contributed by atoms with E-state index in [4.69, 9.17) is 4.74 Å². The number of rotatable bonds is 6. The first-order valence-electron chi connectivity index (χ1n) is 12.5. The SMILES string of the molecule is C[C@@]1(C2CCN(C(=O)CN3CCOCC3)CC2)CCCCN(CCc2ccccc2)C1=O. The molecule has 176 valence electrons. The predicted octanol–water partition coefficient (Wildman–Crippen LogP) is 2.82. The Morgan fingerprint density at radius 1 is 1.03 bits per heavy atom. The van der Waals surface area contributed by atoms with E-state index in [1.165, 1.54) is 5.56 Å². The third-order valence-corrected chi connectivity index (χ3v) is 7.87. The minimum atomic E-state index is -0.299. The molecule has 1 aromatic rings. The fourth-order valence-electron chi connectivity index (χ4n) is 5.68. The minimum absolute atomic E-state index is 0.229. The maximum absolute atomic E-state index is 13.7. The second-order valence-electron chi connectivity index (χ2n) is 9.95. The first-order valence-corrected chi connectivity index (χ1v) is 12.5. The highest BCUT2D eigenvalue weighted by Gasteiger charge is 2.45. The summed E-state index contributed by atoms with van der Waals surface area (Å²) in [5.41, 5.74) is 0.991. The Hall–Kier alpha value is -1.92. The van der Waals surface area contributed by atoms with Gasteiger partial charge in [0.15, 0.2) is 0 Å². The lowest BCUT2D eigenvalue weighted by Gasteiger charge is -2.43. The van der Waals surface area contributed by atoms with Crippen LogP contribution in [0.3, 0.4) is 0 Å². The molecule has 1 aromatic carbocycles. The summed E-state index contributed by atoms with van der Waals surface area (Å²) in [5, 5.41) is 0. The van der Waals surface area contributed by atoms with Crippen LogP contribution in [0, 0.1) is 11.3 Å². The van der Waals surface area contributed by atoms with Crippen molar-refractivity contribution in [3.8, 4) is 0 Å². The van der Waals surface area contributed by atoms with Crippen molar-refractivity contribution in [1.29, 1.82) is 0 Å². The third-order valence-electron chi connectivity index (χ3n) is 7.87. The molecule has 3 aliphatic heterocycles. The number of morpholine rings is 1. The number of carbonyl (C=O) groups is 2. The lowest BCUT2D eigenvalue weighted by molar-refractivity contribution is -0.146. The number of likely N-dealkylation sites (tertiary alicyclic amines) is 2. The number of carbonyl (C=O) groups excluding carboxylic acids is 2. The number of hydrogen-bond acceptors (Lipinski definition) is 4. The Kier molecular flexibility index (Phi) is 7.84. The summed E-state index contributed by atoms with van der Waals surface area (Å²) >= 11 is 0. The fraction of sp³-hybridized carbons (Fsp3) is 0.692. The average Bonchev–Trinajstić information content (AvgIpc) is 2.98. The predicted molar refractivity (Wildman–Crippen MR) is 125 cm³/mol. The molecule has 6 nitrogen and oxygen atoms in total. The maximum atomic E-state index is 13.7. The maximum Gasteiger partial charge on any atom is 0.236 e. The summed E-state index contributed by atoms with van der Waals surface area (Å²) in [6.07, 6.45) is 5.96. The van der Waals surface area contributed by atoms with Crippen LogP contribution in [0.25, 0.3) is 0 Å². The first-order chi connectivity index (χ1) is 15.6. The smallest absolute Gasteiger partial charge is 0.236 e. The monoisotopic (exact) mass is 441 g/mol. The van der Waals surface area contributed by atoms with Crippen molar-refractivity contribution in [1.82, 2.24) is 14.7 Å². The normalized spacial score (nSPS) is 26.2. The van der Waals surface area contributed by atoms with Gasteiger partial charge in [-0.3, -0.25) is 14.5 Å². The number of amides is 2. The molecular formula is C26H39N3O3. The van der Waals surface area contributed by atoms with Gasteiger partial charge in [0, 0.05) is 44.7 Å². The molecule has 0 spiro atoms. The van der Waals surface area contributed by atoms with E-state index in [0.717, 1.165) is 91.0 Å². The highest BCUT2D eigenvalue weighted by Crippen LogP contribution is 2.42. The molecule has 3 heterocycles. The van der Waals surface area contributed by atoms with Crippen LogP contribution in [0.5, 0.6) is 0 Å². The molecule has 0 aromatic heterocycles. The topological polar surface area (TPSA) is 53.1 Å². The summed E-state index contributed by atoms with van der Waals surface area (Å²) in [6, 6.07) is 10.5. The highest BCUT2D eigenvalue weighted by atomic mass is 16.5. The van der Waals surface area contributed by atoms with Crippen molar-refractivity contribution in [3.05, 3.63) is 35.9 Å². The minimum Gasteiger partial charge on any atom is -0.379 e. The summed E-state index contributed by atoms with van der Waals surface area (Å²) < 4.78 is 5.39. The Labute approximate surface area is 192 Å². The number of nitrogens with zero attached hydrogens (tertiary/aromatic N) is 3. The van der Waals surface area contributed by atoms with Crippen molar-refractivity contribution in [2.24, 2.45) is 11.3 Å². The van der Waals surface area contributed by atoms with Gasteiger partial charge in [-0.15, -0.1) is 0 Å². The van der Waals surface area contributed by atoms with E-state index in [2.05, 4.69) is 41.0 Å². The number of ether oxygens (including phenoxy) is 1. The standard InChI is InChI=1S/C26H39N3O3/c1-26(12-5-6-13-29(25(26)31)14-9-22-7-3-2-4-8-22)23-10-15-28(16-11-23)24(30)21-27-17-19-32-20-18-27/h2-4,7-8,23H,5-6,9-21H2,1H3/t26-/m0/s1. The summed E-state index contributed by atoms with van der Waals surface area (Å²) in [7, 11) is 0. The second kappa shape index (κ2) is 10.8. The van der Waals surface area contributed by atoms with Crippen LogP contribution in [0.15, 0.2) is 30.3 Å². The van der Waals surface area contributed by atoms with E-state index in [1.807, 2.05) is 11.0 Å². The molecule has 3 aliphatic rings. The van der Waals surface area contributed by atoms with Gasteiger partial charge in [-0.05, 0) is 43.6 Å². The van der Waals surface area contributed by atoms with Crippen LogP contribution in [-0.4, -0.2) is 85.5 Å². The Bertz CT molecular complexity index is 757. The van der Waals surface area contributed by atoms with Gasteiger partial charge in [0.1, 0.15) is 0 Å². The van der Waals surface area contributed by atoms with Crippen LogP contribution in [0.1, 0.15) is 44.6 Å². The molecular weight excluding hydrogens is 402 g/mol. The van der Waals surface area contributed by atoms with Crippen LogP contribution in [0.4, 0.5) is 0 Å². The van der Waals surface area contributed by atoms with E-state index in [-0.39, 0.29) is 11.3 Å². The molecule has 6 heteroatoms.